The molecule has 1 atom stereocenters. The van der Waals surface area contributed by atoms with Gasteiger partial charge in [-0.25, -0.2) is 0 Å². The van der Waals surface area contributed by atoms with Gasteiger partial charge in [0.15, 0.2) is 0 Å². The van der Waals surface area contributed by atoms with Crippen molar-refractivity contribution in [2.75, 3.05) is 19.6 Å². The van der Waals surface area contributed by atoms with E-state index < -0.39 is 0 Å². The van der Waals surface area contributed by atoms with Gasteiger partial charge in [0.05, 0.1) is 0 Å². The van der Waals surface area contributed by atoms with E-state index in [2.05, 4.69) is 17.6 Å². The lowest BCUT2D eigenvalue weighted by molar-refractivity contribution is 0.324. The van der Waals surface area contributed by atoms with Gasteiger partial charge >= 0.3 is 0 Å². The van der Waals surface area contributed by atoms with Crippen LogP contribution in [0.5, 0.6) is 0 Å². The number of hydrogen-bond acceptors (Lipinski definition) is 2. The van der Waals surface area contributed by atoms with E-state index in [0.717, 1.165) is 5.92 Å². The van der Waals surface area contributed by atoms with Crippen molar-refractivity contribution in [1.29, 1.82) is 0 Å². The molecule has 0 spiro atoms. The molecule has 0 aromatic heterocycles. The summed E-state index contributed by atoms with van der Waals surface area (Å²) < 4.78 is 0. The third-order valence-corrected chi connectivity index (χ3v) is 4.19. The van der Waals surface area contributed by atoms with Crippen molar-refractivity contribution >= 4 is 0 Å². The minimum absolute atomic E-state index is 0.439. The highest BCUT2D eigenvalue weighted by Crippen LogP contribution is 2.33. The Labute approximate surface area is 101 Å². The van der Waals surface area contributed by atoms with E-state index in [1.807, 2.05) is 0 Å². The van der Waals surface area contributed by atoms with Crippen molar-refractivity contribution in [2.45, 2.75) is 63.8 Å². The normalized spacial score (nSPS) is 29.8. The minimum atomic E-state index is 0.439. The maximum absolute atomic E-state index is 3.72. The van der Waals surface area contributed by atoms with E-state index in [1.54, 1.807) is 0 Å². The van der Waals surface area contributed by atoms with Crippen LogP contribution in [0.2, 0.25) is 0 Å². The fraction of sp³-hybridized carbons (Fsp3) is 1.00. The summed E-state index contributed by atoms with van der Waals surface area (Å²) in [7, 11) is 0. The Kier molecular flexibility index (Phi) is 4.66. The highest BCUT2D eigenvalue weighted by Gasteiger charge is 2.31. The van der Waals surface area contributed by atoms with Gasteiger partial charge in [-0.05, 0) is 51.1 Å². The molecule has 1 aliphatic heterocycles. The van der Waals surface area contributed by atoms with Crippen LogP contribution in [0.4, 0.5) is 0 Å². The van der Waals surface area contributed by atoms with Gasteiger partial charge in [0, 0.05) is 12.1 Å². The number of nitrogens with one attached hydrogen (secondary N) is 2. The van der Waals surface area contributed by atoms with Crippen LogP contribution in [0, 0.1) is 5.92 Å². The molecule has 2 heteroatoms. The van der Waals surface area contributed by atoms with Crippen LogP contribution in [0.15, 0.2) is 0 Å². The number of rotatable bonds is 8. The summed E-state index contributed by atoms with van der Waals surface area (Å²) in [6, 6.07) is 0. The van der Waals surface area contributed by atoms with E-state index in [4.69, 9.17) is 0 Å². The monoisotopic (exact) mass is 224 g/mol. The zero-order valence-corrected chi connectivity index (χ0v) is 10.9. The average Bonchev–Trinajstić information content (AvgIpc) is 2.99. The summed E-state index contributed by atoms with van der Waals surface area (Å²) in [6.07, 6.45) is 11.2. The topological polar surface area (TPSA) is 24.1 Å². The molecule has 2 rings (SSSR count). The van der Waals surface area contributed by atoms with Gasteiger partial charge in [-0.3, -0.25) is 0 Å². The van der Waals surface area contributed by atoms with Crippen LogP contribution in [0.25, 0.3) is 0 Å². The quantitative estimate of drug-likeness (QED) is 0.619. The first-order chi connectivity index (χ1) is 7.85. The molecule has 16 heavy (non-hydrogen) atoms. The summed E-state index contributed by atoms with van der Waals surface area (Å²) in [6.45, 7) is 5.94. The first-order valence-corrected chi connectivity index (χ1v) is 7.30. The minimum Gasteiger partial charge on any atom is -0.315 e. The summed E-state index contributed by atoms with van der Waals surface area (Å²) in [5, 5.41) is 7.39. The Bertz CT molecular complexity index is 193. The van der Waals surface area contributed by atoms with E-state index in [1.165, 1.54) is 71.0 Å². The van der Waals surface area contributed by atoms with Crippen LogP contribution >= 0.6 is 0 Å². The summed E-state index contributed by atoms with van der Waals surface area (Å²) in [4.78, 5) is 0. The van der Waals surface area contributed by atoms with Crippen molar-refractivity contribution in [3.05, 3.63) is 0 Å². The lowest BCUT2D eigenvalue weighted by Crippen LogP contribution is -2.48. The van der Waals surface area contributed by atoms with E-state index >= 15 is 0 Å². The molecule has 1 saturated carbocycles. The molecule has 0 aromatic rings. The summed E-state index contributed by atoms with van der Waals surface area (Å²) >= 11 is 0. The van der Waals surface area contributed by atoms with Crippen LogP contribution in [0.3, 0.4) is 0 Å². The van der Waals surface area contributed by atoms with Crippen LogP contribution in [-0.4, -0.2) is 25.2 Å². The van der Waals surface area contributed by atoms with Gasteiger partial charge in [-0.15, -0.1) is 0 Å². The van der Waals surface area contributed by atoms with Gasteiger partial charge in [-0.1, -0.05) is 26.2 Å². The second kappa shape index (κ2) is 6.02. The molecule has 1 saturated heterocycles. The molecule has 2 fully saturated rings. The first kappa shape index (κ1) is 12.4. The molecule has 2 nitrogen and oxygen atoms in total. The standard InChI is InChI=1S/C14H28N2/c1-2-8-14(9-4-11-16-14)12-15-10-3-5-13-6-7-13/h13,15-16H,2-12H2,1H3. The Balaban J connectivity index is 1.57. The third kappa shape index (κ3) is 3.74. The SMILES string of the molecule is CCCC1(CNCCCC2CC2)CCCN1. The van der Waals surface area contributed by atoms with Gasteiger partial charge in [0.1, 0.15) is 0 Å². The van der Waals surface area contributed by atoms with E-state index in [9.17, 15) is 0 Å². The third-order valence-electron chi connectivity index (χ3n) is 4.19. The molecule has 1 heterocycles. The van der Waals surface area contributed by atoms with Gasteiger partial charge in [-0.2, -0.15) is 0 Å². The molecule has 1 aliphatic carbocycles. The predicted octanol–water partition coefficient (Wildman–Crippen LogP) is 2.69. The Morgan fingerprint density at radius 2 is 2.25 bits per heavy atom. The smallest absolute Gasteiger partial charge is 0.0306 e. The highest BCUT2D eigenvalue weighted by molar-refractivity contribution is 4.94. The molecule has 0 radical (unpaired) electrons. The number of hydrogen-bond donors (Lipinski definition) is 2. The first-order valence-electron chi connectivity index (χ1n) is 7.30. The molecule has 1 unspecified atom stereocenters. The summed E-state index contributed by atoms with van der Waals surface area (Å²) in [5.41, 5.74) is 0.439. The molecule has 94 valence electrons. The van der Waals surface area contributed by atoms with Gasteiger partial charge in [0.25, 0.3) is 0 Å². The maximum Gasteiger partial charge on any atom is 0.0306 e. The second-order valence-electron chi connectivity index (χ2n) is 5.82. The maximum atomic E-state index is 3.72. The molecular weight excluding hydrogens is 196 g/mol. The Morgan fingerprint density at radius 1 is 1.38 bits per heavy atom. The molecule has 0 amide bonds. The second-order valence-corrected chi connectivity index (χ2v) is 5.82. The molecule has 2 aliphatic rings. The van der Waals surface area contributed by atoms with E-state index in [0.29, 0.717) is 5.54 Å². The molecule has 2 N–H and O–H groups in total. The van der Waals surface area contributed by atoms with Gasteiger partial charge < -0.3 is 10.6 Å². The van der Waals surface area contributed by atoms with Crippen molar-refractivity contribution in [2.24, 2.45) is 5.92 Å². The summed E-state index contributed by atoms with van der Waals surface area (Å²) in [5.74, 6) is 1.09. The van der Waals surface area contributed by atoms with Crippen LogP contribution in [0.1, 0.15) is 58.3 Å². The fourth-order valence-electron chi connectivity index (χ4n) is 3.05. The molecular formula is C14H28N2. The molecule has 0 aromatic carbocycles. The predicted molar refractivity (Wildman–Crippen MR) is 69.7 cm³/mol. The molecule has 0 bridgehead atoms. The Hall–Kier alpha value is -0.0800. The van der Waals surface area contributed by atoms with Crippen molar-refractivity contribution < 1.29 is 0 Å². The van der Waals surface area contributed by atoms with Crippen LogP contribution in [-0.2, 0) is 0 Å². The Morgan fingerprint density at radius 3 is 2.88 bits per heavy atom. The lowest BCUT2D eigenvalue weighted by atomic mass is 9.92. The largest absolute Gasteiger partial charge is 0.315 e. The van der Waals surface area contributed by atoms with Crippen LogP contribution < -0.4 is 10.6 Å². The average molecular weight is 224 g/mol. The van der Waals surface area contributed by atoms with Crippen molar-refractivity contribution in [3.63, 3.8) is 0 Å². The van der Waals surface area contributed by atoms with Crippen molar-refractivity contribution in [3.8, 4) is 0 Å². The van der Waals surface area contributed by atoms with Gasteiger partial charge in [0.2, 0.25) is 0 Å². The van der Waals surface area contributed by atoms with Crippen molar-refractivity contribution in [1.82, 2.24) is 10.6 Å². The zero-order valence-electron chi connectivity index (χ0n) is 10.9. The lowest BCUT2D eigenvalue weighted by Gasteiger charge is -2.29. The fourth-order valence-corrected chi connectivity index (χ4v) is 3.05. The van der Waals surface area contributed by atoms with E-state index in [-0.39, 0.29) is 0 Å². The zero-order chi connectivity index (χ0) is 11.3. The highest BCUT2D eigenvalue weighted by atomic mass is 15.1.